The summed E-state index contributed by atoms with van der Waals surface area (Å²) in [6.07, 6.45) is 0.586. The van der Waals surface area contributed by atoms with E-state index in [-0.39, 0.29) is 11.4 Å². The second-order valence-electron chi connectivity index (χ2n) is 6.32. The Labute approximate surface area is 153 Å². The Morgan fingerprint density at radius 2 is 1.81 bits per heavy atom. The highest BCUT2D eigenvalue weighted by atomic mass is 32.2. The van der Waals surface area contributed by atoms with E-state index in [0.717, 1.165) is 37.6 Å². The molecule has 0 bridgehead atoms. The topological polar surface area (TPSA) is 58.6 Å². The molecule has 1 fully saturated rings. The summed E-state index contributed by atoms with van der Waals surface area (Å²) in [6, 6.07) is 11.9. The van der Waals surface area contributed by atoms with E-state index in [1.54, 1.807) is 6.92 Å². The number of benzene rings is 2. The minimum absolute atomic E-state index is 0.0825. The lowest BCUT2D eigenvalue weighted by Crippen LogP contribution is -2.36. The zero-order chi connectivity index (χ0) is 18.6. The highest BCUT2D eigenvalue weighted by Gasteiger charge is 2.15. The fourth-order valence-corrected chi connectivity index (χ4v) is 4.01. The first-order chi connectivity index (χ1) is 12.5. The van der Waals surface area contributed by atoms with Gasteiger partial charge in [0, 0.05) is 25.3 Å². The van der Waals surface area contributed by atoms with E-state index >= 15 is 0 Å². The molecular weight excluding hydrogens is 355 g/mol. The maximum atomic E-state index is 13.3. The van der Waals surface area contributed by atoms with Gasteiger partial charge in [0.25, 0.3) is 0 Å². The van der Waals surface area contributed by atoms with Crippen LogP contribution in [0.4, 0.5) is 10.1 Å². The molecule has 0 amide bonds. The van der Waals surface area contributed by atoms with Crippen molar-refractivity contribution in [3.05, 3.63) is 59.4 Å². The van der Waals surface area contributed by atoms with Gasteiger partial charge in [-0.05, 0) is 54.8 Å². The van der Waals surface area contributed by atoms with E-state index < -0.39 is 15.8 Å². The van der Waals surface area contributed by atoms with E-state index in [2.05, 4.69) is 21.8 Å². The summed E-state index contributed by atoms with van der Waals surface area (Å²) in [5.74, 6) is -0.413. The van der Waals surface area contributed by atoms with Gasteiger partial charge in [0.15, 0.2) is 0 Å². The molecule has 140 valence electrons. The molecule has 5 nitrogen and oxygen atoms in total. The van der Waals surface area contributed by atoms with Crippen molar-refractivity contribution in [2.75, 3.05) is 37.7 Å². The van der Waals surface area contributed by atoms with E-state index in [1.165, 1.54) is 18.2 Å². The van der Waals surface area contributed by atoms with Gasteiger partial charge in [0.2, 0.25) is 10.0 Å². The van der Waals surface area contributed by atoms with Crippen LogP contribution in [0.5, 0.6) is 0 Å². The second kappa shape index (κ2) is 8.16. The third-order valence-electron chi connectivity index (χ3n) is 4.46. The molecule has 0 spiro atoms. The number of halogens is 1. The molecule has 2 aromatic carbocycles. The van der Waals surface area contributed by atoms with Crippen LogP contribution >= 0.6 is 0 Å². The molecule has 0 radical (unpaired) electrons. The van der Waals surface area contributed by atoms with Crippen molar-refractivity contribution in [3.63, 3.8) is 0 Å². The van der Waals surface area contributed by atoms with Gasteiger partial charge in [-0.1, -0.05) is 12.1 Å². The van der Waals surface area contributed by atoms with Gasteiger partial charge in [-0.2, -0.15) is 0 Å². The Kier molecular flexibility index (Phi) is 5.90. The smallest absolute Gasteiger partial charge is 0.240 e. The summed E-state index contributed by atoms with van der Waals surface area (Å²) in [6.45, 7) is 5.09. The van der Waals surface area contributed by atoms with Crippen LogP contribution in [-0.2, 0) is 21.2 Å². The largest absolute Gasteiger partial charge is 0.378 e. The number of nitrogens with one attached hydrogen (secondary N) is 1. The standard InChI is InChI=1S/C19H23FN2O3S/c1-15-14-18(6-7-19(15)20)26(23,24)21-9-8-16-2-4-17(5-3-16)22-10-12-25-13-11-22/h2-7,14,21H,8-13H2,1H3. The van der Waals surface area contributed by atoms with Gasteiger partial charge in [-0.15, -0.1) is 0 Å². The Balaban J connectivity index is 1.56. The summed E-state index contributed by atoms with van der Waals surface area (Å²) in [5.41, 5.74) is 2.52. The molecular formula is C19H23FN2O3S. The van der Waals surface area contributed by atoms with Crippen LogP contribution in [0.1, 0.15) is 11.1 Å². The van der Waals surface area contributed by atoms with Crippen molar-refractivity contribution < 1.29 is 17.5 Å². The number of anilines is 1. The highest BCUT2D eigenvalue weighted by Crippen LogP contribution is 2.17. The Morgan fingerprint density at radius 1 is 1.12 bits per heavy atom. The summed E-state index contributed by atoms with van der Waals surface area (Å²) in [4.78, 5) is 2.35. The monoisotopic (exact) mass is 378 g/mol. The minimum Gasteiger partial charge on any atom is -0.378 e. The van der Waals surface area contributed by atoms with E-state index in [0.29, 0.717) is 12.0 Å². The van der Waals surface area contributed by atoms with Crippen molar-refractivity contribution in [2.24, 2.45) is 0 Å². The Bertz CT molecular complexity index is 848. The zero-order valence-corrected chi connectivity index (χ0v) is 15.6. The number of morpholine rings is 1. The third kappa shape index (κ3) is 4.60. The molecule has 0 aromatic heterocycles. The van der Waals surface area contributed by atoms with Crippen LogP contribution in [0.25, 0.3) is 0 Å². The average Bonchev–Trinajstić information content (AvgIpc) is 2.65. The molecule has 1 aliphatic rings. The lowest BCUT2D eigenvalue weighted by atomic mass is 10.1. The number of rotatable bonds is 6. The van der Waals surface area contributed by atoms with Crippen LogP contribution in [0.15, 0.2) is 47.4 Å². The Morgan fingerprint density at radius 3 is 2.46 bits per heavy atom. The SMILES string of the molecule is Cc1cc(S(=O)(=O)NCCc2ccc(N3CCOCC3)cc2)ccc1F. The molecule has 2 aromatic rings. The van der Waals surface area contributed by atoms with E-state index in [9.17, 15) is 12.8 Å². The van der Waals surface area contributed by atoms with Gasteiger partial charge in [-0.3, -0.25) is 0 Å². The van der Waals surface area contributed by atoms with Gasteiger partial charge in [0.1, 0.15) is 5.82 Å². The maximum Gasteiger partial charge on any atom is 0.240 e. The summed E-state index contributed by atoms with van der Waals surface area (Å²) in [5, 5.41) is 0. The molecule has 7 heteroatoms. The second-order valence-corrected chi connectivity index (χ2v) is 8.09. The normalized spacial score (nSPS) is 15.2. The van der Waals surface area contributed by atoms with Crippen LogP contribution in [0.3, 0.4) is 0 Å². The number of hydrogen-bond acceptors (Lipinski definition) is 4. The number of ether oxygens (including phenoxy) is 1. The van der Waals surface area contributed by atoms with Gasteiger partial charge >= 0.3 is 0 Å². The maximum absolute atomic E-state index is 13.3. The summed E-state index contributed by atoms with van der Waals surface area (Å²) in [7, 11) is -3.63. The minimum atomic E-state index is -3.63. The molecule has 1 saturated heterocycles. The first-order valence-corrected chi connectivity index (χ1v) is 10.1. The third-order valence-corrected chi connectivity index (χ3v) is 5.92. The average molecular weight is 378 g/mol. The first-order valence-electron chi connectivity index (χ1n) is 8.63. The fraction of sp³-hybridized carbons (Fsp3) is 0.368. The lowest BCUT2D eigenvalue weighted by Gasteiger charge is -2.28. The van der Waals surface area contributed by atoms with Gasteiger partial charge in [-0.25, -0.2) is 17.5 Å². The van der Waals surface area contributed by atoms with E-state index in [1.807, 2.05) is 12.1 Å². The van der Waals surface area contributed by atoms with Gasteiger partial charge < -0.3 is 9.64 Å². The van der Waals surface area contributed by atoms with Crippen molar-refractivity contribution in [1.29, 1.82) is 0 Å². The van der Waals surface area contributed by atoms with Crippen LogP contribution < -0.4 is 9.62 Å². The van der Waals surface area contributed by atoms with Crippen molar-refractivity contribution >= 4 is 15.7 Å². The predicted molar refractivity (Wildman–Crippen MR) is 99.5 cm³/mol. The molecule has 1 heterocycles. The van der Waals surface area contributed by atoms with Crippen molar-refractivity contribution in [1.82, 2.24) is 4.72 Å². The molecule has 1 N–H and O–H groups in total. The van der Waals surface area contributed by atoms with Crippen LogP contribution in [0, 0.1) is 12.7 Å². The van der Waals surface area contributed by atoms with Crippen molar-refractivity contribution in [2.45, 2.75) is 18.2 Å². The molecule has 0 saturated carbocycles. The Hall–Kier alpha value is -1.96. The number of aryl methyl sites for hydroxylation is 1. The summed E-state index contributed by atoms with van der Waals surface area (Å²) >= 11 is 0. The molecule has 0 atom stereocenters. The molecule has 0 unspecified atom stereocenters. The zero-order valence-electron chi connectivity index (χ0n) is 14.7. The predicted octanol–water partition coefficient (Wildman–Crippen LogP) is 2.49. The number of nitrogens with zero attached hydrogens (tertiary/aromatic N) is 1. The molecule has 3 rings (SSSR count). The fourth-order valence-electron chi connectivity index (χ4n) is 2.89. The summed E-state index contributed by atoms with van der Waals surface area (Å²) < 4.78 is 45.8. The number of hydrogen-bond donors (Lipinski definition) is 1. The molecule has 26 heavy (non-hydrogen) atoms. The van der Waals surface area contributed by atoms with Gasteiger partial charge in [0.05, 0.1) is 18.1 Å². The number of sulfonamides is 1. The first kappa shape index (κ1) is 18.8. The van der Waals surface area contributed by atoms with Crippen LogP contribution in [0.2, 0.25) is 0 Å². The van der Waals surface area contributed by atoms with Crippen LogP contribution in [-0.4, -0.2) is 41.3 Å². The quantitative estimate of drug-likeness (QED) is 0.839. The van der Waals surface area contributed by atoms with Crippen molar-refractivity contribution in [3.8, 4) is 0 Å². The molecule has 0 aliphatic carbocycles. The lowest BCUT2D eigenvalue weighted by molar-refractivity contribution is 0.122. The highest BCUT2D eigenvalue weighted by molar-refractivity contribution is 7.89. The molecule has 1 aliphatic heterocycles. The van der Waals surface area contributed by atoms with E-state index in [4.69, 9.17) is 4.74 Å².